The van der Waals surface area contributed by atoms with Crippen LogP contribution in [-0.2, 0) is 25.8 Å². The molecule has 7 heteroatoms. The topological polar surface area (TPSA) is 105 Å². The van der Waals surface area contributed by atoms with Crippen LogP contribution in [0, 0.1) is 0 Å². The molecule has 0 saturated heterocycles. The molecule has 2 atom stereocenters. The number of aliphatic carboxylic acids is 1. The van der Waals surface area contributed by atoms with Crippen LogP contribution in [0.5, 0.6) is 0 Å². The molecule has 7 nitrogen and oxygen atoms in total. The molecule has 0 saturated carbocycles. The van der Waals surface area contributed by atoms with E-state index in [1.54, 1.807) is 36.3 Å². The highest BCUT2D eigenvalue weighted by atomic mass is 16.6. The average molecular weight is 368 g/mol. The summed E-state index contributed by atoms with van der Waals surface area (Å²) in [5.41, 5.74) is 3.91. The molecule has 0 aliphatic rings. The maximum atomic E-state index is 12.6. The number of hydroxylamine groups is 1. The number of carbonyl (C=O) groups is 2. The maximum Gasteiger partial charge on any atom is 0.325 e. The zero-order chi connectivity index (χ0) is 19.6. The summed E-state index contributed by atoms with van der Waals surface area (Å²) in [5, 5.41) is 11.3. The third-order valence-electron chi connectivity index (χ3n) is 3.76. The fraction of sp³-hybridized carbons (Fsp3) is 0.200. The number of carbonyl (C=O) groups excluding carboxylic acids is 2. The summed E-state index contributed by atoms with van der Waals surface area (Å²) in [4.78, 5) is 40.5. The van der Waals surface area contributed by atoms with Crippen molar-refractivity contribution in [3.05, 3.63) is 71.8 Å². The van der Waals surface area contributed by atoms with E-state index in [0.29, 0.717) is 5.56 Å². The van der Waals surface area contributed by atoms with E-state index < -0.39 is 24.0 Å². The number of hydrogen-bond acceptors (Lipinski definition) is 5. The van der Waals surface area contributed by atoms with Gasteiger partial charge in [0.25, 0.3) is 0 Å². The Bertz CT molecular complexity index is 817. The van der Waals surface area contributed by atoms with E-state index in [4.69, 9.17) is 9.94 Å². The van der Waals surface area contributed by atoms with Gasteiger partial charge in [0.05, 0.1) is 12.2 Å². The van der Waals surface area contributed by atoms with E-state index in [0.717, 1.165) is 5.56 Å². The van der Waals surface area contributed by atoms with Crippen molar-refractivity contribution in [1.29, 1.82) is 0 Å². The Kier molecular flexibility index (Phi) is 7.46. The summed E-state index contributed by atoms with van der Waals surface area (Å²) in [6.07, 6.45) is 0. The molecule has 0 bridgehead atoms. The third kappa shape index (κ3) is 5.90. The van der Waals surface area contributed by atoms with Gasteiger partial charge in [-0.25, -0.2) is 4.79 Å². The molecule has 0 aliphatic carbocycles. The molecule has 1 amide bonds. The highest BCUT2D eigenvalue weighted by Gasteiger charge is 2.28. The molecule has 0 unspecified atom stereocenters. The van der Waals surface area contributed by atoms with Crippen molar-refractivity contribution in [3.8, 4) is 0 Å². The summed E-state index contributed by atoms with van der Waals surface area (Å²) in [7, 11) is 0. The minimum absolute atomic E-state index is 0.0127. The Balaban J connectivity index is 2.18. The van der Waals surface area contributed by atoms with Crippen molar-refractivity contribution >= 4 is 23.4 Å². The van der Waals surface area contributed by atoms with Gasteiger partial charge in [0.1, 0.15) is 18.0 Å². The first-order chi connectivity index (χ1) is 13.0. The van der Waals surface area contributed by atoms with E-state index in [1.807, 2.05) is 30.3 Å². The molecular formula is C20H20N2O5. The van der Waals surface area contributed by atoms with Crippen LogP contribution in [0.3, 0.4) is 0 Å². The predicted molar refractivity (Wildman–Crippen MR) is 98.9 cm³/mol. The minimum atomic E-state index is -1.23. The fourth-order valence-electron chi connectivity index (χ4n) is 2.29. The molecule has 0 radical (unpaired) electrons. The molecular weight excluding hydrogens is 348 g/mol. The van der Waals surface area contributed by atoms with Crippen LogP contribution in [0.25, 0.3) is 5.57 Å². The Labute approximate surface area is 156 Å². The minimum Gasteiger partial charge on any atom is -0.480 e. The van der Waals surface area contributed by atoms with Gasteiger partial charge in [0.2, 0.25) is 5.91 Å². The summed E-state index contributed by atoms with van der Waals surface area (Å²) in [6, 6.07) is 15.4. The van der Waals surface area contributed by atoms with Crippen LogP contribution >= 0.6 is 0 Å². The van der Waals surface area contributed by atoms with Gasteiger partial charge in [-0.05, 0) is 18.1 Å². The first-order valence-electron chi connectivity index (χ1n) is 8.27. The van der Waals surface area contributed by atoms with Crippen LogP contribution in [0.2, 0.25) is 0 Å². The Morgan fingerprint density at radius 2 is 1.67 bits per heavy atom. The number of carboxylic acid groups (broad SMARTS) is 1. The van der Waals surface area contributed by atoms with Crippen molar-refractivity contribution in [2.75, 3.05) is 0 Å². The highest BCUT2D eigenvalue weighted by molar-refractivity contribution is 6.04. The normalized spacial score (nSPS) is 12.5. The van der Waals surface area contributed by atoms with Gasteiger partial charge in [0, 0.05) is 0 Å². The number of rotatable bonds is 9. The van der Waals surface area contributed by atoms with Crippen molar-refractivity contribution in [1.82, 2.24) is 10.8 Å². The molecule has 3 N–H and O–H groups in total. The lowest BCUT2D eigenvalue weighted by Gasteiger charge is -2.20. The molecule has 0 heterocycles. The summed E-state index contributed by atoms with van der Waals surface area (Å²) in [6.45, 7) is 1.48. The number of hydrogen-bond donors (Lipinski definition) is 3. The Morgan fingerprint density at radius 1 is 1.07 bits per heavy atom. The second kappa shape index (κ2) is 10.0. The van der Waals surface area contributed by atoms with Gasteiger partial charge in [0.15, 0.2) is 0 Å². The second-order valence-corrected chi connectivity index (χ2v) is 5.78. The zero-order valence-corrected chi connectivity index (χ0v) is 14.7. The van der Waals surface area contributed by atoms with E-state index in [9.17, 15) is 14.4 Å². The molecule has 0 spiro atoms. The van der Waals surface area contributed by atoms with Crippen LogP contribution in [0.15, 0.2) is 60.7 Å². The molecule has 0 aliphatic heterocycles. The molecule has 2 aromatic carbocycles. The van der Waals surface area contributed by atoms with Gasteiger partial charge in [-0.3, -0.25) is 14.4 Å². The molecule has 27 heavy (non-hydrogen) atoms. The molecule has 2 rings (SSSR count). The van der Waals surface area contributed by atoms with E-state index in [2.05, 4.69) is 10.8 Å². The van der Waals surface area contributed by atoms with E-state index in [1.165, 1.54) is 6.92 Å². The van der Waals surface area contributed by atoms with E-state index in [-0.39, 0.29) is 12.2 Å². The smallest absolute Gasteiger partial charge is 0.325 e. The van der Waals surface area contributed by atoms with E-state index >= 15 is 0 Å². The maximum absolute atomic E-state index is 12.6. The second-order valence-electron chi connectivity index (χ2n) is 5.78. The van der Waals surface area contributed by atoms with Crippen molar-refractivity contribution in [2.45, 2.75) is 25.6 Å². The van der Waals surface area contributed by atoms with Gasteiger partial charge < -0.3 is 10.4 Å². The summed E-state index contributed by atoms with van der Waals surface area (Å²) in [5.74, 6) is -0.133. The Morgan fingerprint density at radius 3 is 2.22 bits per heavy atom. The monoisotopic (exact) mass is 368 g/mol. The number of amides is 1. The fourth-order valence-corrected chi connectivity index (χ4v) is 2.29. The quantitative estimate of drug-likeness (QED) is 0.459. The molecule has 0 fully saturated rings. The first kappa shape index (κ1) is 20.1. The number of nitrogens with one attached hydrogen (secondary N) is 2. The van der Waals surface area contributed by atoms with Crippen molar-refractivity contribution in [2.24, 2.45) is 0 Å². The van der Waals surface area contributed by atoms with Gasteiger partial charge in [-0.2, -0.15) is 5.48 Å². The summed E-state index contributed by atoms with van der Waals surface area (Å²) < 4.78 is 0. The molecule has 2 aromatic rings. The predicted octanol–water partition coefficient (Wildman–Crippen LogP) is 1.58. The highest BCUT2D eigenvalue weighted by Crippen LogP contribution is 2.16. The van der Waals surface area contributed by atoms with Crippen LogP contribution in [0.1, 0.15) is 18.1 Å². The largest absolute Gasteiger partial charge is 0.480 e. The van der Waals surface area contributed by atoms with Crippen LogP contribution in [0.4, 0.5) is 0 Å². The van der Waals surface area contributed by atoms with Gasteiger partial charge >= 0.3 is 5.97 Å². The Hall–Kier alpha value is -3.25. The SMILES string of the molecule is C[C@H](NC(=O)[C@@H](NOCc1ccccc1)C(=C=O)c1ccccc1)C(=O)O. The lowest BCUT2D eigenvalue weighted by molar-refractivity contribution is -0.142. The lowest BCUT2D eigenvalue weighted by Crippen LogP contribution is -2.49. The average Bonchev–Trinajstić information content (AvgIpc) is 2.68. The van der Waals surface area contributed by atoms with Crippen molar-refractivity contribution in [3.63, 3.8) is 0 Å². The van der Waals surface area contributed by atoms with Crippen LogP contribution in [-0.4, -0.2) is 35.0 Å². The number of carboxylic acids is 1. The standard InChI is InChI=1S/C20H20N2O5/c1-14(20(25)26)21-19(24)18(17(12-23)16-10-6-3-7-11-16)22-27-13-15-8-4-2-5-9-15/h2-11,14,18,22H,13H2,1H3,(H,21,24)(H,25,26)/t14-,18-/m0/s1. The molecule has 0 aromatic heterocycles. The number of benzene rings is 2. The lowest BCUT2D eigenvalue weighted by atomic mass is 9.99. The van der Waals surface area contributed by atoms with Gasteiger partial charge in [-0.1, -0.05) is 60.7 Å². The third-order valence-corrected chi connectivity index (χ3v) is 3.76. The van der Waals surface area contributed by atoms with Gasteiger partial charge in [-0.15, -0.1) is 0 Å². The van der Waals surface area contributed by atoms with Crippen molar-refractivity contribution < 1.29 is 24.3 Å². The molecule has 140 valence electrons. The zero-order valence-electron chi connectivity index (χ0n) is 14.7. The van der Waals surface area contributed by atoms with Crippen LogP contribution < -0.4 is 10.8 Å². The summed E-state index contributed by atoms with van der Waals surface area (Å²) >= 11 is 0. The first-order valence-corrected chi connectivity index (χ1v) is 8.27.